The number of carbonyl (C=O) groups is 1. The Kier molecular flexibility index (Phi) is 5.71. The first-order chi connectivity index (χ1) is 14.1. The highest BCUT2D eigenvalue weighted by Crippen LogP contribution is 2.28. The molecule has 1 fully saturated rings. The van der Waals surface area contributed by atoms with E-state index in [-0.39, 0.29) is 11.9 Å². The van der Waals surface area contributed by atoms with E-state index in [2.05, 4.69) is 44.6 Å². The van der Waals surface area contributed by atoms with Crippen LogP contribution in [0.5, 0.6) is 0 Å². The van der Waals surface area contributed by atoms with Gasteiger partial charge in [0.25, 0.3) is 0 Å². The molecule has 4 rings (SSSR count). The minimum Gasteiger partial charge on any atom is -0.310 e. The van der Waals surface area contributed by atoms with Crippen molar-refractivity contribution >= 4 is 11.7 Å². The number of carbonyl (C=O) groups excluding carboxylic acids is 1. The molecule has 6 nitrogen and oxygen atoms in total. The molecule has 3 heterocycles. The Bertz CT molecular complexity index is 982. The fraction of sp³-hybridized carbons (Fsp3) is 0.348. The minimum atomic E-state index is -0.0370. The summed E-state index contributed by atoms with van der Waals surface area (Å²) in [6.45, 7) is 6.89. The molecular weight excluding hydrogens is 362 g/mol. The van der Waals surface area contributed by atoms with Gasteiger partial charge in [-0.15, -0.1) is 0 Å². The second kappa shape index (κ2) is 8.57. The summed E-state index contributed by atoms with van der Waals surface area (Å²) in [5, 5.41) is 7.67. The lowest BCUT2D eigenvalue weighted by molar-refractivity contribution is -0.115. The topological polar surface area (TPSA) is 63.1 Å². The van der Waals surface area contributed by atoms with Gasteiger partial charge in [0.05, 0.1) is 18.7 Å². The summed E-state index contributed by atoms with van der Waals surface area (Å²) < 4.78 is 1.99. The number of pyridine rings is 1. The molecule has 1 aliphatic heterocycles. The van der Waals surface area contributed by atoms with E-state index in [1.807, 2.05) is 36.9 Å². The Morgan fingerprint density at radius 1 is 1.14 bits per heavy atom. The molecule has 2 aromatic heterocycles. The molecule has 0 spiro atoms. The predicted octanol–water partition coefficient (Wildman–Crippen LogP) is 3.52. The van der Waals surface area contributed by atoms with Crippen molar-refractivity contribution in [3.05, 3.63) is 77.2 Å². The van der Waals surface area contributed by atoms with Crippen molar-refractivity contribution in [3.63, 3.8) is 0 Å². The number of aryl methyl sites for hydroxylation is 2. The first-order valence-corrected chi connectivity index (χ1v) is 10.1. The third-order valence-electron chi connectivity index (χ3n) is 5.58. The molecule has 1 aliphatic rings. The molecule has 0 bridgehead atoms. The average molecular weight is 390 g/mol. The Morgan fingerprint density at radius 3 is 2.76 bits per heavy atom. The first kappa shape index (κ1) is 19.3. The van der Waals surface area contributed by atoms with Gasteiger partial charge in [-0.05, 0) is 43.0 Å². The quantitative estimate of drug-likeness (QED) is 0.701. The second-order valence-electron chi connectivity index (χ2n) is 7.81. The number of benzene rings is 1. The van der Waals surface area contributed by atoms with Crippen LogP contribution >= 0.6 is 0 Å². The summed E-state index contributed by atoms with van der Waals surface area (Å²) in [4.78, 5) is 19.2. The van der Waals surface area contributed by atoms with Crippen LogP contribution in [0.15, 0.2) is 55.0 Å². The van der Waals surface area contributed by atoms with Crippen LogP contribution in [0.25, 0.3) is 0 Å². The fourth-order valence-corrected chi connectivity index (χ4v) is 3.91. The minimum absolute atomic E-state index is 0.0370. The van der Waals surface area contributed by atoms with Gasteiger partial charge in [0.1, 0.15) is 5.82 Å². The fourth-order valence-electron chi connectivity index (χ4n) is 3.91. The average Bonchev–Trinajstić information content (AvgIpc) is 3.31. The Morgan fingerprint density at radius 2 is 1.97 bits per heavy atom. The molecule has 1 saturated heterocycles. The van der Waals surface area contributed by atoms with E-state index in [0.29, 0.717) is 6.42 Å². The van der Waals surface area contributed by atoms with Crippen molar-refractivity contribution in [2.75, 3.05) is 18.4 Å². The van der Waals surface area contributed by atoms with E-state index in [9.17, 15) is 4.79 Å². The molecule has 0 radical (unpaired) electrons. The van der Waals surface area contributed by atoms with Gasteiger partial charge in [-0.2, -0.15) is 5.10 Å². The van der Waals surface area contributed by atoms with Crippen molar-refractivity contribution < 1.29 is 4.79 Å². The van der Waals surface area contributed by atoms with Crippen molar-refractivity contribution in [2.24, 2.45) is 0 Å². The van der Waals surface area contributed by atoms with Gasteiger partial charge in [0, 0.05) is 37.6 Å². The number of aromatic nitrogens is 3. The lowest BCUT2D eigenvalue weighted by Gasteiger charge is -2.18. The maximum atomic E-state index is 12.7. The zero-order valence-corrected chi connectivity index (χ0v) is 17.0. The van der Waals surface area contributed by atoms with E-state index in [4.69, 9.17) is 0 Å². The van der Waals surface area contributed by atoms with Crippen LogP contribution < -0.4 is 5.32 Å². The number of likely N-dealkylation sites (tertiary alicyclic amines) is 1. The second-order valence-corrected chi connectivity index (χ2v) is 7.81. The zero-order chi connectivity index (χ0) is 20.2. The van der Waals surface area contributed by atoms with Gasteiger partial charge in [0.2, 0.25) is 5.91 Å². The number of hydrogen-bond donors (Lipinski definition) is 1. The number of hydrogen-bond acceptors (Lipinski definition) is 4. The van der Waals surface area contributed by atoms with Crippen molar-refractivity contribution in [2.45, 2.75) is 39.3 Å². The van der Waals surface area contributed by atoms with Crippen LogP contribution in [-0.4, -0.2) is 38.7 Å². The molecule has 3 aromatic rings. The van der Waals surface area contributed by atoms with E-state index >= 15 is 0 Å². The van der Waals surface area contributed by atoms with E-state index in [1.165, 1.54) is 5.56 Å². The van der Waals surface area contributed by atoms with Crippen molar-refractivity contribution in [1.82, 2.24) is 19.7 Å². The summed E-state index contributed by atoms with van der Waals surface area (Å²) in [7, 11) is 0. The highest BCUT2D eigenvalue weighted by Gasteiger charge is 2.27. The van der Waals surface area contributed by atoms with Gasteiger partial charge < -0.3 is 5.32 Å². The van der Waals surface area contributed by atoms with Crippen LogP contribution in [0.3, 0.4) is 0 Å². The molecule has 1 aromatic carbocycles. The summed E-state index contributed by atoms with van der Waals surface area (Å²) >= 11 is 0. The number of rotatable bonds is 6. The molecule has 150 valence electrons. The Balaban J connectivity index is 1.42. The number of anilines is 1. The summed E-state index contributed by atoms with van der Waals surface area (Å²) in [6, 6.07) is 12.7. The zero-order valence-electron chi connectivity index (χ0n) is 17.0. The third kappa shape index (κ3) is 4.54. The van der Waals surface area contributed by atoms with Crippen molar-refractivity contribution in [1.29, 1.82) is 0 Å². The molecule has 0 aliphatic carbocycles. The molecular formula is C23H27N5O. The summed E-state index contributed by atoms with van der Waals surface area (Å²) in [5.74, 6) is 0.771. The van der Waals surface area contributed by atoms with Gasteiger partial charge in [-0.25, -0.2) is 4.68 Å². The van der Waals surface area contributed by atoms with Gasteiger partial charge in [-0.1, -0.05) is 30.3 Å². The highest BCUT2D eigenvalue weighted by molar-refractivity contribution is 5.92. The van der Waals surface area contributed by atoms with Crippen LogP contribution in [0.2, 0.25) is 0 Å². The van der Waals surface area contributed by atoms with Crippen LogP contribution in [0.4, 0.5) is 5.82 Å². The van der Waals surface area contributed by atoms with Gasteiger partial charge in [0.15, 0.2) is 0 Å². The van der Waals surface area contributed by atoms with Crippen LogP contribution in [-0.2, 0) is 17.8 Å². The summed E-state index contributed by atoms with van der Waals surface area (Å²) in [6.07, 6.45) is 6.69. The normalized spacial score (nSPS) is 16.8. The first-order valence-electron chi connectivity index (χ1n) is 10.1. The van der Waals surface area contributed by atoms with Gasteiger partial charge >= 0.3 is 0 Å². The summed E-state index contributed by atoms with van der Waals surface area (Å²) in [5.41, 5.74) is 4.34. The van der Waals surface area contributed by atoms with E-state index < -0.39 is 0 Å². The number of amides is 1. The standard InChI is InChI=1S/C23H27N5O/c1-17-8-10-24-14-20(17)12-22(29)26-23-18(2)13-25-28(23)21-9-11-27(16-21)15-19-6-4-3-5-7-19/h3-8,10,13-14,21H,9,11-12,15-16H2,1-2H3,(H,26,29). The smallest absolute Gasteiger partial charge is 0.230 e. The number of nitrogens with one attached hydrogen (secondary N) is 1. The maximum absolute atomic E-state index is 12.7. The Hall–Kier alpha value is -2.99. The van der Waals surface area contributed by atoms with Crippen molar-refractivity contribution in [3.8, 4) is 0 Å². The van der Waals surface area contributed by atoms with E-state index in [1.54, 1.807) is 12.4 Å². The molecule has 0 saturated carbocycles. The lowest BCUT2D eigenvalue weighted by atomic mass is 10.1. The SMILES string of the molecule is Cc1ccncc1CC(=O)Nc1c(C)cnn1C1CCN(Cc2ccccc2)C1. The van der Waals surface area contributed by atoms with Crippen LogP contribution in [0, 0.1) is 13.8 Å². The third-order valence-corrected chi connectivity index (χ3v) is 5.58. The predicted molar refractivity (Wildman–Crippen MR) is 114 cm³/mol. The van der Waals surface area contributed by atoms with Gasteiger partial charge in [-0.3, -0.25) is 14.7 Å². The van der Waals surface area contributed by atoms with E-state index in [0.717, 1.165) is 48.6 Å². The molecule has 1 N–H and O–H groups in total. The molecule has 1 amide bonds. The maximum Gasteiger partial charge on any atom is 0.230 e. The highest BCUT2D eigenvalue weighted by atomic mass is 16.1. The molecule has 1 atom stereocenters. The lowest BCUT2D eigenvalue weighted by Crippen LogP contribution is -2.24. The number of nitrogens with zero attached hydrogens (tertiary/aromatic N) is 4. The molecule has 1 unspecified atom stereocenters. The molecule has 29 heavy (non-hydrogen) atoms. The Labute approximate surface area is 171 Å². The monoisotopic (exact) mass is 389 g/mol. The molecule has 6 heteroatoms. The largest absolute Gasteiger partial charge is 0.310 e. The van der Waals surface area contributed by atoms with Crippen LogP contribution in [0.1, 0.15) is 34.7 Å².